The van der Waals surface area contributed by atoms with Crippen molar-refractivity contribution in [1.29, 1.82) is 0 Å². The molecule has 0 aliphatic rings. The normalized spacial score (nSPS) is 11.4. The molecule has 0 bridgehead atoms. The van der Waals surface area contributed by atoms with Crippen molar-refractivity contribution in [3.05, 3.63) is 76.2 Å². The molecule has 1 aromatic heterocycles. The van der Waals surface area contributed by atoms with Gasteiger partial charge in [0, 0.05) is 5.02 Å². The Labute approximate surface area is 183 Å². The Morgan fingerprint density at radius 3 is 2.20 bits per heavy atom. The lowest BCUT2D eigenvalue weighted by Gasteiger charge is -2.23. The number of phosphoric acid groups is 1. The van der Waals surface area contributed by atoms with Gasteiger partial charge < -0.3 is 14.5 Å². The summed E-state index contributed by atoms with van der Waals surface area (Å²) in [6, 6.07) is 14.3. The van der Waals surface area contributed by atoms with Crippen molar-refractivity contribution in [2.75, 3.05) is 11.6 Å². The maximum Gasteiger partial charge on any atom is 0.491 e. The van der Waals surface area contributed by atoms with Crippen LogP contribution in [0.15, 0.2) is 54.9 Å². The zero-order valence-corrected chi connectivity index (χ0v) is 18.2. The van der Waals surface area contributed by atoms with Gasteiger partial charge in [-0.3, -0.25) is 0 Å². The fourth-order valence-electron chi connectivity index (χ4n) is 2.53. The van der Waals surface area contributed by atoms with Crippen molar-refractivity contribution >= 4 is 36.8 Å². The molecule has 8 nitrogen and oxygen atoms in total. The molecular weight excluding hydrogens is 452 g/mol. The van der Waals surface area contributed by atoms with Crippen LogP contribution in [0, 0.1) is 6.92 Å². The lowest BCUT2D eigenvalue weighted by molar-refractivity contribution is 0.177. The van der Waals surface area contributed by atoms with Crippen LogP contribution in [0.25, 0.3) is 0 Å². The molecule has 0 unspecified atom stereocenters. The SMILES string of the molecule is Cc1ncnc(N(CCc2ccc(Oc3ccc(Cl)cc3)cc2)OP(=O)(O)O)c1Cl. The van der Waals surface area contributed by atoms with Crippen LogP contribution in [0.3, 0.4) is 0 Å². The van der Waals surface area contributed by atoms with Crippen molar-refractivity contribution < 1.29 is 23.7 Å². The minimum Gasteiger partial charge on any atom is -0.457 e. The van der Waals surface area contributed by atoms with Gasteiger partial charge in [0.2, 0.25) is 0 Å². The molecular formula is C19H18Cl2N3O5P. The molecule has 1 heterocycles. The molecule has 0 aliphatic heterocycles. The highest BCUT2D eigenvalue weighted by Gasteiger charge is 2.24. The zero-order chi connectivity index (χ0) is 21.7. The van der Waals surface area contributed by atoms with E-state index in [1.54, 1.807) is 43.3 Å². The van der Waals surface area contributed by atoms with Gasteiger partial charge in [0.05, 0.1) is 12.2 Å². The number of hydroxylamine groups is 1. The monoisotopic (exact) mass is 469 g/mol. The van der Waals surface area contributed by atoms with E-state index in [4.69, 9.17) is 32.6 Å². The molecule has 30 heavy (non-hydrogen) atoms. The molecule has 0 spiro atoms. The molecule has 0 saturated heterocycles. The van der Waals surface area contributed by atoms with Gasteiger partial charge in [0.15, 0.2) is 5.82 Å². The summed E-state index contributed by atoms with van der Waals surface area (Å²) in [7, 11) is -4.82. The van der Waals surface area contributed by atoms with Crippen LogP contribution in [-0.2, 0) is 15.6 Å². The first-order chi connectivity index (χ1) is 14.2. The minimum atomic E-state index is -4.82. The first-order valence-corrected chi connectivity index (χ1v) is 11.0. The first-order valence-electron chi connectivity index (χ1n) is 8.73. The number of aryl methyl sites for hydroxylation is 1. The second-order valence-electron chi connectivity index (χ2n) is 6.22. The summed E-state index contributed by atoms with van der Waals surface area (Å²) >= 11 is 12.0. The first kappa shape index (κ1) is 22.5. The van der Waals surface area contributed by atoms with Gasteiger partial charge in [-0.1, -0.05) is 35.3 Å². The topological polar surface area (TPSA) is 105 Å². The Morgan fingerprint density at radius 1 is 1.00 bits per heavy atom. The number of rotatable bonds is 8. The molecule has 0 aliphatic carbocycles. The van der Waals surface area contributed by atoms with Crippen LogP contribution in [0.2, 0.25) is 10.0 Å². The van der Waals surface area contributed by atoms with Crippen molar-refractivity contribution in [2.24, 2.45) is 0 Å². The number of hydrogen-bond acceptors (Lipinski definition) is 6. The van der Waals surface area contributed by atoms with Crippen molar-refractivity contribution in [2.45, 2.75) is 13.3 Å². The average Bonchev–Trinajstić information content (AvgIpc) is 2.69. The highest BCUT2D eigenvalue weighted by Crippen LogP contribution is 2.40. The maximum atomic E-state index is 11.4. The summed E-state index contributed by atoms with van der Waals surface area (Å²) in [6.45, 7) is 1.75. The Morgan fingerprint density at radius 2 is 1.60 bits per heavy atom. The van der Waals surface area contributed by atoms with E-state index < -0.39 is 7.82 Å². The van der Waals surface area contributed by atoms with E-state index in [0.29, 0.717) is 28.6 Å². The second kappa shape index (κ2) is 9.75. The van der Waals surface area contributed by atoms with Gasteiger partial charge >= 0.3 is 7.82 Å². The fourth-order valence-corrected chi connectivity index (χ4v) is 3.26. The number of benzene rings is 2. The molecule has 11 heteroatoms. The standard InChI is InChI=1S/C19H18Cl2N3O5P/c1-13-18(21)19(23-12-22-13)24(29-30(25,26)27)11-10-14-2-6-16(7-3-14)28-17-8-4-15(20)5-9-17/h2-9,12H,10-11H2,1H3,(H2,25,26,27). The second-order valence-corrected chi connectivity index (χ2v) is 8.18. The van der Waals surface area contributed by atoms with Gasteiger partial charge in [-0.2, -0.15) is 4.62 Å². The molecule has 0 amide bonds. The Kier molecular flexibility index (Phi) is 7.31. The maximum absolute atomic E-state index is 11.4. The van der Waals surface area contributed by atoms with E-state index in [1.165, 1.54) is 6.33 Å². The molecule has 158 valence electrons. The molecule has 0 atom stereocenters. The smallest absolute Gasteiger partial charge is 0.457 e. The van der Waals surface area contributed by atoms with E-state index >= 15 is 0 Å². The Bertz CT molecular complexity index is 1050. The fraction of sp³-hybridized carbons (Fsp3) is 0.158. The van der Waals surface area contributed by atoms with Crippen LogP contribution < -0.4 is 9.80 Å². The van der Waals surface area contributed by atoms with Gasteiger partial charge in [-0.15, -0.1) is 0 Å². The quantitative estimate of drug-likeness (QED) is 0.352. The molecule has 0 fully saturated rings. The van der Waals surface area contributed by atoms with Crippen LogP contribution in [0.4, 0.5) is 5.82 Å². The van der Waals surface area contributed by atoms with Crippen molar-refractivity contribution in [1.82, 2.24) is 9.97 Å². The van der Waals surface area contributed by atoms with E-state index in [9.17, 15) is 14.4 Å². The van der Waals surface area contributed by atoms with Gasteiger partial charge in [0.25, 0.3) is 0 Å². The van der Waals surface area contributed by atoms with E-state index in [2.05, 4.69) is 9.97 Å². The lowest BCUT2D eigenvalue weighted by atomic mass is 10.1. The predicted molar refractivity (Wildman–Crippen MR) is 114 cm³/mol. The highest BCUT2D eigenvalue weighted by molar-refractivity contribution is 7.46. The van der Waals surface area contributed by atoms with E-state index in [0.717, 1.165) is 10.6 Å². The van der Waals surface area contributed by atoms with E-state index in [-0.39, 0.29) is 17.4 Å². The highest BCUT2D eigenvalue weighted by atomic mass is 35.5. The number of halogens is 2. The summed E-state index contributed by atoms with van der Waals surface area (Å²) < 4.78 is 21.9. The predicted octanol–water partition coefficient (Wildman–Crippen LogP) is 4.96. The average molecular weight is 470 g/mol. The van der Waals surface area contributed by atoms with Crippen LogP contribution >= 0.6 is 31.0 Å². The Hall–Kier alpha value is -2.19. The third-order valence-corrected chi connectivity index (χ3v) is 5.07. The molecule has 2 aromatic carbocycles. The Balaban J connectivity index is 1.69. The summed E-state index contributed by atoms with van der Waals surface area (Å²) in [6.07, 6.45) is 1.65. The number of nitrogens with zero attached hydrogens (tertiary/aromatic N) is 3. The number of hydrogen-bond donors (Lipinski definition) is 2. The number of ether oxygens (including phenoxy) is 1. The van der Waals surface area contributed by atoms with Crippen molar-refractivity contribution in [3.8, 4) is 11.5 Å². The number of aromatic nitrogens is 2. The summed E-state index contributed by atoms with van der Waals surface area (Å²) in [5, 5.41) is 1.76. The molecule has 3 rings (SSSR count). The van der Waals surface area contributed by atoms with Gasteiger partial charge in [-0.05, 0) is 55.3 Å². The van der Waals surface area contributed by atoms with Gasteiger partial charge in [-0.25, -0.2) is 19.6 Å². The molecule has 0 radical (unpaired) electrons. The minimum absolute atomic E-state index is 0.0789. The van der Waals surface area contributed by atoms with Crippen LogP contribution in [0.5, 0.6) is 11.5 Å². The lowest BCUT2D eigenvalue weighted by Crippen LogP contribution is -2.26. The largest absolute Gasteiger partial charge is 0.491 e. The summed E-state index contributed by atoms with van der Waals surface area (Å²) in [5.74, 6) is 1.37. The third kappa shape index (κ3) is 6.40. The molecule has 3 aromatic rings. The third-order valence-electron chi connectivity index (χ3n) is 3.96. The van der Waals surface area contributed by atoms with Crippen LogP contribution in [0.1, 0.15) is 11.3 Å². The van der Waals surface area contributed by atoms with E-state index in [1.807, 2.05) is 12.1 Å². The summed E-state index contributed by atoms with van der Waals surface area (Å²) in [4.78, 5) is 26.4. The molecule has 0 saturated carbocycles. The number of anilines is 1. The van der Waals surface area contributed by atoms with Crippen molar-refractivity contribution in [3.63, 3.8) is 0 Å². The zero-order valence-electron chi connectivity index (χ0n) is 15.8. The molecule has 2 N–H and O–H groups in total. The van der Waals surface area contributed by atoms with Crippen LogP contribution in [-0.4, -0.2) is 26.3 Å². The summed E-state index contributed by atoms with van der Waals surface area (Å²) in [5.41, 5.74) is 1.35. The van der Waals surface area contributed by atoms with Gasteiger partial charge in [0.1, 0.15) is 22.8 Å².